The Bertz CT molecular complexity index is 1920. The van der Waals surface area contributed by atoms with Crippen LogP contribution in [0.4, 0.5) is 0 Å². The van der Waals surface area contributed by atoms with E-state index in [0.717, 1.165) is 5.56 Å². The van der Waals surface area contributed by atoms with Crippen molar-refractivity contribution in [1.82, 2.24) is 4.31 Å². The lowest BCUT2D eigenvalue weighted by Gasteiger charge is -2.66. The predicted molar refractivity (Wildman–Crippen MR) is 182 cm³/mol. The number of ketones is 1. The Labute approximate surface area is 304 Å². The number of sulfonamides is 1. The highest BCUT2D eigenvalue weighted by molar-refractivity contribution is 7.89. The third-order valence-electron chi connectivity index (χ3n) is 17.1. The molecule has 3 saturated heterocycles. The van der Waals surface area contributed by atoms with Crippen LogP contribution in [0.5, 0.6) is 0 Å². The van der Waals surface area contributed by atoms with Crippen LogP contribution in [0.1, 0.15) is 67.4 Å². The molecule has 5 aliphatic carbocycles. The molecule has 13 heteroatoms. The molecule has 1 aromatic rings. The van der Waals surface area contributed by atoms with Crippen molar-refractivity contribution in [3.8, 4) is 0 Å². The molecule has 0 amide bonds. The number of carbonyl (C=O) groups excluding carboxylic acids is 3. The van der Waals surface area contributed by atoms with Crippen LogP contribution in [-0.2, 0) is 38.6 Å². The van der Waals surface area contributed by atoms with Crippen LogP contribution in [0.2, 0.25) is 0 Å². The van der Waals surface area contributed by atoms with E-state index >= 15 is 0 Å². The van der Waals surface area contributed by atoms with Gasteiger partial charge in [-0.3, -0.25) is 9.59 Å². The number of ether oxygens (including phenoxy) is 3. The first-order chi connectivity index (χ1) is 24.1. The zero-order valence-corrected chi connectivity index (χ0v) is 32.0. The second-order valence-electron chi connectivity index (χ2n) is 18.6. The molecule has 3 heterocycles. The lowest BCUT2D eigenvalue weighted by Crippen LogP contribution is -2.70. The first-order valence-electron chi connectivity index (χ1n) is 18.9. The maximum atomic E-state index is 14.5. The van der Waals surface area contributed by atoms with E-state index in [1.807, 2.05) is 20.8 Å². The van der Waals surface area contributed by atoms with Gasteiger partial charge in [0.05, 0.1) is 28.6 Å². The number of hydrogen-bond donors (Lipinski definition) is 3. The fourth-order valence-electron chi connectivity index (χ4n) is 14.6. The fraction of sp³-hybridized carbons (Fsp3) is 0.769. The maximum Gasteiger partial charge on any atom is 0.340 e. The van der Waals surface area contributed by atoms with Crippen LogP contribution in [0.25, 0.3) is 0 Å². The maximum absolute atomic E-state index is 14.5. The molecule has 1 spiro atoms. The molecule has 8 aliphatic rings. The van der Waals surface area contributed by atoms with Crippen molar-refractivity contribution < 1.29 is 52.3 Å². The van der Waals surface area contributed by atoms with Crippen LogP contribution in [0.3, 0.4) is 0 Å². The molecule has 12 nitrogen and oxygen atoms in total. The van der Waals surface area contributed by atoms with Crippen molar-refractivity contribution in [3.05, 3.63) is 29.8 Å². The van der Waals surface area contributed by atoms with Crippen LogP contribution in [-0.4, -0.2) is 93.7 Å². The minimum atomic E-state index is -4.24. The number of fused-ring (bicyclic) bond motifs is 9. The zero-order valence-electron chi connectivity index (χ0n) is 31.1. The Morgan fingerprint density at radius 1 is 0.942 bits per heavy atom. The molecule has 284 valence electrons. The lowest BCUT2D eigenvalue weighted by atomic mass is 9.38. The zero-order chi connectivity index (χ0) is 37.8. The van der Waals surface area contributed by atoms with Crippen LogP contribution in [0, 0.1) is 76.4 Å². The normalized spacial score (nSPS) is 57.9. The molecule has 1 aromatic carbocycles. The number of benzene rings is 1. The van der Waals surface area contributed by atoms with Crippen molar-refractivity contribution in [3.63, 3.8) is 0 Å². The van der Waals surface area contributed by atoms with E-state index in [2.05, 4.69) is 20.8 Å². The highest BCUT2D eigenvalue weighted by Gasteiger charge is 2.95. The van der Waals surface area contributed by atoms with Gasteiger partial charge in [-0.15, -0.1) is 4.31 Å². The molecule has 8 fully saturated rings. The minimum absolute atomic E-state index is 0.0413. The number of Topliss-reactive ketones (excluding diaryl/α,β-unsaturated/α-hetero) is 1. The summed E-state index contributed by atoms with van der Waals surface area (Å²) in [7, 11) is -4.24. The molecule has 52 heavy (non-hydrogen) atoms. The number of epoxide rings is 1. The summed E-state index contributed by atoms with van der Waals surface area (Å²) in [6, 6.07) is 5.64. The van der Waals surface area contributed by atoms with Crippen LogP contribution >= 0.6 is 0 Å². The van der Waals surface area contributed by atoms with E-state index in [0.29, 0.717) is 6.42 Å². The van der Waals surface area contributed by atoms with Crippen molar-refractivity contribution in [2.45, 2.75) is 122 Å². The monoisotopic (exact) mass is 741 g/mol. The molecule has 21 atom stereocenters. The van der Waals surface area contributed by atoms with Gasteiger partial charge in [-0.1, -0.05) is 59.2 Å². The van der Waals surface area contributed by atoms with Crippen LogP contribution in [0.15, 0.2) is 29.2 Å². The summed E-state index contributed by atoms with van der Waals surface area (Å²) in [6.07, 6.45) is -3.57. The summed E-state index contributed by atoms with van der Waals surface area (Å²) in [5, 5.41) is 37.5. The average Bonchev–Trinajstić information content (AvgIpc) is 3.96. The van der Waals surface area contributed by atoms with Crippen molar-refractivity contribution in [2.75, 3.05) is 0 Å². The Morgan fingerprint density at radius 3 is 2.19 bits per heavy atom. The fourth-order valence-corrected chi connectivity index (χ4v) is 16.6. The van der Waals surface area contributed by atoms with E-state index in [9.17, 15) is 38.1 Å². The summed E-state index contributed by atoms with van der Waals surface area (Å²) in [6.45, 7) is 16.5. The van der Waals surface area contributed by atoms with Gasteiger partial charge in [-0.2, -0.15) is 0 Å². The van der Waals surface area contributed by atoms with Gasteiger partial charge >= 0.3 is 11.9 Å². The summed E-state index contributed by atoms with van der Waals surface area (Å²) >= 11 is 0. The van der Waals surface area contributed by atoms with Crippen molar-refractivity contribution in [1.29, 1.82) is 0 Å². The molecule has 0 radical (unpaired) electrons. The van der Waals surface area contributed by atoms with Gasteiger partial charge in [0.15, 0.2) is 11.4 Å². The van der Waals surface area contributed by atoms with Crippen LogP contribution < -0.4 is 0 Å². The van der Waals surface area contributed by atoms with Crippen molar-refractivity contribution in [2.24, 2.45) is 69.5 Å². The van der Waals surface area contributed by atoms with Gasteiger partial charge in [0.25, 0.3) is 0 Å². The number of carbonyl (C=O) groups is 3. The van der Waals surface area contributed by atoms with Gasteiger partial charge in [0, 0.05) is 30.1 Å². The quantitative estimate of drug-likeness (QED) is 0.306. The predicted octanol–water partition coefficient (Wildman–Crippen LogP) is 2.44. The molecular weight excluding hydrogens is 690 g/mol. The Balaban J connectivity index is 1.21. The number of hydrogen-bond acceptors (Lipinski definition) is 11. The molecule has 0 aromatic heterocycles. The highest BCUT2D eigenvalue weighted by Crippen LogP contribution is 2.82. The molecule has 3 aliphatic heterocycles. The summed E-state index contributed by atoms with van der Waals surface area (Å²) < 4.78 is 48.5. The second-order valence-corrected chi connectivity index (χ2v) is 20.4. The molecule has 3 N–H and O–H groups in total. The number of aliphatic hydroxyl groups is 3. The van der Waals surface area contributed by atoms with Gasteiger partial charge in [0.2, 0.25) is 15.7 Å². The third-order valence-corrected chi connectivity index (χ3v) is 19.0. The molecule has 0 bridgehead atoms. The first kappa shape index (κ1) is 35.3. The molecular formula is C39H51NO11S. The smallest absolute Gasteiger partial charge is 0.340 e. The number of nitrogens with zero attached hydrogens (tertiary/aromatic N) is 1. The number of aliphatic hydroxyl groups excluding tert-OH is 2. The number of rotatable bonds is 3. The first-order valence-corrected chi connectivity index (χ1v) is 20.3. The van der Waals surface area contributed by atoms with Gasteiger partial charge in [-0.25, -0.2) is 13.2 Å². The van der Waals surface area contributed by atoms with E-state index in [1.165, 1.54) is 30.3 Å². The van der Waals surface area contributed by atoms with Gasteiger partial charge < -0.3 is 29.5 Å². The van der Waals surface area contributed by atoms with E-state index in [1.54, 1.807) is 19.1 Å². The Hall–Kier alpha value is -2.42. The van der Waals surface area contributed by atoms with E-state index in [-0.39, 0.29) is 40.6 Å². The Kier molecular flexibility index (Phi) is 6.82. The molecule has 5 saturated carbocycles. The summed E-state index contributed by atoms with van der Waals surface area (Å²) in [4.78, 5) is 40.9. The average molecular weight is 742 g/mol. The summed E-state index contributed by atoms with van der Waals surface area (Å²) in [5.41, 5.74) is -6.39. The van der Waals surface area contributed by atoms with Crippen molar-refractivity contribution >= 4 is 27.7 Å². The Morgan fingerprint density at radius 2 is 1.58 bits per heavy atom. The molecule has 5 unspecified atom stereocenters. The highest BCUT2D eigenvalue weighted by atomic mass is 32.2. The standard InChI is InChI=1S/C39H51NO11S/c1-15-10-12-20(13-11-15)52(47,48)40-32-17(3)25-27(37(8)38(9,46)34(45)51-39(32,37)40)30(44)26-23-24(16(2)18(4)35(25,26)6)36(7)21(28(42)29(23)43)14-22-31(50-22)33(36)49-19(5)41/h10-13,16-18,21-27,29-33,43-44,46H,14H2,1-9H3/t16?,17-,18-,21+,22-,23?,24?,25-,26+,27-,29?,30+,31-,32+,33-,35+,36-,37-,38+,39-,40?/m0/s1. The minimum Gasteiger partial charge on any atom is -0.459 e. The van der Waals surface area contributed by atoms with E-state index in [4.69, 9.17) is 14.2 Å². The molecule has 9 rings (SSSR count). The summed E-state index contributed by atoms with van der Waals surface area (Å²) in [5.74, 6) is -6.27. The van der Waals surface area contributed by atoms with Gasteiger partial charge in [-0.05, 0) is 73.3 Å². The van der Waals surface area contributed by atoms with Gasteiger partial charge in [0.1, 0.15) is 18.3 Å². The lowest BCUT2D eigenvalue weighted by molar-refractivity contribution is -0.234. The number of aryl methyl sites for hydroxylation is 1. The number of esters is 2. The largest absolute Gasteiger partial charge is 0.459 e. The SMILES string of the molecule is CC(=O)O[C@H]1[C@H]2O[C@H]2C[C@@H]2C(=O)C(O)C3C(C(C)[C@H](C)[C@]4(C)[C@H]5[C@H](C)[C@H]6N(S(=O)(=O)c7ccc(C)cc7)[C@]67OC(=O)[C@@](C)(O)[C@]7(C)[C@@H]5[C@H](O)[C@@H]34)[C@]21C. The third kappa shape index (κ3) is 3.55. The second kappa shape index (κ2) is 10.1. The topological polar surface area (TPSA) is 180 Å². The van der Waals surface area contributed by atoms with E-state index < -0.39 is 109 Å².